The molecule has 0 amide bonds. The number of benzene rings is 1. The minimum atomic E-state index is 0.284. The third kappa shape index (κ3) is 2.27. The van der Waals surface area contributed by atoms with E-state index in [1.54, 1.807) is 0 Å². The van der Waals surface area contributed by atoms with Crippen LogP contribution in [0.15, 0.2) is 30.3 Å². The van der Waals surface area contributed by atoms with E-state index in [4.69, 9.17) is 10.5 Å². The van der Waals surface area contributed by atoms with Gasteiger partial charge in [-0.05, 0) is 25.5 Å². The Morgan fingerprint density at radius 3 is 2.74 bits per heavy atom. The summed E-state index contributed by atoms with van der Waals surface area (Å²) in [7, 11) is 0. The summed E-state index contributed by atoms with van der Waals surface area (Å²) in [5.74, 6) is 2.04. The summed E-state index contributed by atoms with van der Waals surface area (Å²) in [6, 6.07) is 10.1. The molecule has 2 atom stereocenters. The predicted molar refractivity (Wildman–Crippen MR) is 72.0 cm³/mol. The Hall–Kier alpha value is -1.72. The molecule has 1 saturated heterocycles. The monoisotopic (exact) mass is 258 g/mol. The van der Waals surface area contributed by atoms with Crippen LogP contribution >= 0.6 is 0 Å². The molecule has 2 unspecified atom stereocenters. The highest BCUT2D eigenvalue weighted by Gasteiger charge is 2.29. The minimum Gasteiger partial charge on any atom is -0.378 e. The van der Waals surface area contributed by atoms with E-state index >= 15 is 0 Å². The normalized spacial score (nSPS) is 22.8. The Labute approximate surface area is 112 Å². The maximum atomic E-state index is 5.77. The average molecular weight is 258 g/mol. The van der Waals surface area contributed by atoms with Gasteiger partial charge in [-0.1, -0.05) is 18.2 Å². The Bertz CT molecular complexity index is 552. The van der Waals surface area contributed by atoms with E-state index in [0.717, 1.165) is 23.8 Å². The first-order valence-corrected chi connectivity index (χ1v) is 6.61. The van der Waals surface area contributed by atoms with Crippen molar-refractivity contribution in [1.29, 1.82) is 0 Å². The molecule has 1 aliphatic heterocycles. The van der Waals surface area contributed by atoms with Crippen molar-refractivity contribution in [2.24, 2.45) is 5.73 Å². The van der Waals surface area contributed by atoms with E-state index in [-0.39, 0.29) is 6.10 Å². The molecule has 100 valence electrons. The molecule has 0 radical (unpaired) electrons. The van der Waals surface area contributed by atoms with Gasteiger partial charge in [0.05, 0.1) is 19.3 Å². The number of nitrogens with zero attached hydrogens (tertiary/aromatic N) is 3. The summed E-state index contributed by atoms with van der Waals surface area (Å²) in [5, 5.41) is 8.55. The highest BCUT2D eigenvalue weighted by Crippen LogP contribution is 2.29. The van der Waals surface area contributed by atoms with Crippen molar-refractivity contribution in [3.05, 3.63) is 42.0 Å². The highest BCUT2D eigenvalue weighted by atomic mass is 16.5. The van der Waals surface area contributed by atoms with Gasteiger partial charge in [-0.25, -0.2) is 0 Å². The van der Waals surface area contributed by atoms with Gasteiger partial charge in [0.15, 0.2) is 5.82 Å². The van der Waals surface area contributed by atoms with Crippen LogP contribution in [-0.2, 0) is 11.3 Å². The van der Waals surface area contributed by atoms with Crippen LogP contribution < -0.4 is 5.73 Å². The van der Waals surface area contributed by atoms with Crippen LogP contribution in [0.25, 0.3) is 5.69 Å². The standard InChI is InChI=1S/C14H18N4O/c1-10-7-11(9-19-10)14-17-16-13(8-15)18(14)12-5-3-2-4-6-12/h2-6,10-11H,7-9,15H2,1H3. The fourth-order valence-corrected chi connectivity index (χ4v) is 2.58. The molecule has 1 aromatic carbocycles. The van der Waals surface area contributed by atoms with Crippen molar-refractivity contribution in [1.82, 2.24) is 14.8 Å². The van der Waals surface area contributed by atoms with E-state index in [1.165, 1.54) is 0 Å². The van der Waals surface area contributed by atoms with Gasteiger partial charge < -0.3 is 10.5 Å². The van der Waals surface area contributed by atoms with Gasteiger partial charge >= 0.3 is 0 Å². The molecule has 1 aliphatic rings. The molecule has 19 heavy (non-hydrogen) atoms. The summed E-state index contributed by atoms with van der Waals surface area (Å²) >= 11 is 0. The van der Waals surface area contributed by atoms with Gasteiger partial charge in [0.2, 0.25) is 0 Å². The van der Waals surface area contributed by atoms with Crippen LogP contribution in [0.5, 0.6) is 0 Å². The van der Waals surface area contributed by atoms with Crippen molar-refractivity contribution in [3.8, 4) is 5.69 Å². The number of ether oxygens (including phenoxy) is 1. The first-order valence-electron chi connectivity index (χ1n) is 6.61. The van der Waals surface area contributed by atoms with Crippen molar-refractivity contribution in [3.63, 3.8) is 0 Å². The van der Waals surface area contributed by atoms with Gasteiger partial charge in [0.25, 0.3) is 0 Å². The third-order valence-electron chi connectivity index (χ3n) is 3.52. The minimum absolute atomic E-state index is 0.284. The lowest BCUT2D eigenvalue weighted by Crippen LogP contribution is -2.12. The molecule has 2 heterocycles. The molecule has 5 heteroatoms. The fourth-order valence-electron chi connectivity index (χ4n) is 2.58. The molecular weight excluding hydrogens is 240 g/mol. The average Bonchev–Trinajstić information content (AvgIpc) is 3.05. The summed E-state index contributed by atoms with van der Waals surface area (Å²) in [6.07, 6.45) is 1.27. The SMILES string of the molecule is CC1CC(c2nnc(CN)n2-c2ccccc2)CO1. The number of aromatic nitrogens is 3. The van der Waals surface area contributed by atoms with E-state index in [2.05, 4.69) is 21.7 Å². The fraction of sp³-hybridized carbons (Fsp3) is 0.429. The van der Waals surface area contributed by atoms with Crippen LogP contribution in [0.3, 0.4) is 0 Å². The Morgan fingerprint density at radius 1 is 1.32 bits per heavy atom. The Balaban J connectivity index is 2.04. The van der Waals surface area contributed by atoms with Crippen molar-refractivity contribution < 1.29 is 4.74 Å². The Morgan fingerprint density at radius 2 is 2.11 bits per heavy atom. The van der Waals surface area contributed by atoms with E-state index in [9.17, 15) is 0 Å². The lowest BCUT2D eigenvalue weighted by Gasteiger charge is -2.12. The number of rotatable bonds is 3. The van der Waals surface area contributed by atoms with Crippen molar-refractivity contribution >= 4 is 0 Å². The second kappa shape index (κ2) is 5.11. The number of hydrogen-bond acceptors (Lipinski definition) is 4. The molecule has 3 rings (SSSR count). The van der Waals surface area contributed by atoms with E-state index in [0.29, 0.717) is 19.1 Å². The molecule has 0 bridgehead atoms. The predicted octanol–water partition coefficient (Wildman–Crippen LogP) is 1.62. The Kier molecular flexibility index (Phi) is 3.31. The lowest BCUT2D eigenvalue weighted by molar-refractivity contribution is 0.123. The molecule has 0 spiro atoms. The van der Waals surface area contributed by atoms with Gasteiger partial charge in [0, 0.05) is 11.6 Å². The summed E-state index contributed by atoms with van der Waals surface area (Å²) in [6.45, 7) is 3.18. The maximum absolute atomic E-state index is 5.77. The summed E-state index contributed by atoms with van der Waals surface area (Å²) in [5.41, 5.74) is 6.83. The van der Waals surface area contributed by atoms with Crippen molar-refractivity contribution in [2.45, 2.75) is 31.9 Å². The molecule has 5 nitrogen and oxygen atoms in total. The van der Waals surface area contributed by atoms with Gasteiger partial charge in [-0.2, -0.15) is 0 Å². The summed E-state index contributed by atoms with van der Waals surface area (Å²) < 4.78 is 7.70. The van der Waals surface area contributed by atoms with Crippen LogP contribution in [0, 0.1) is 0 Å². The quantitative estimate of drug-likeness (QED) is 0.908. The van der Waals surface area contributed by atoms with E-state index < -0.39 is 0 Å². The van der Waals surface area contributed by atoms with Gasteiger partial charge in [-0.15, -0.1) is 10.2 Å². The molecular formula is C14H18N4O. The van der Waals surface area contributed by atoms with Crippen LogP contribution in [-0.4, -0.2) is 27.5 Å². The zero-order valence-electron chi connectivity index (χ0n) is 11.0. The zero-order chi connectivity index (χ0) is 13.2. The first kappa shape index (κ1) is 12.3. The molecule has 2 aromatic rings. The molecule has 1 fully saturated rings. The lowest BCUT2D eigenvalue weighted by atomic mass is 10.1. The van der Waals surface area contributed by atoms with Gasteiger partial charge in [-0.3, -0.25) is 4.57 Å². The van der Waals surface area contributed by atoms with Crippen LogP contribution in [0.1, 0.15) is 30.9 Å². The third-order valence-corrected chi connectivity index (χ3v) is 3.52. The first-order chi connectivity index (χ1) is 9.29. The van der Waals surface area contributed by atoms with E-state index in [1.807, 2.05) is 30.3 Å². The summed E-state index contributed by atoms with van der Waals surface area (Å²) in [4.78, 5) is 0. The highest BCUT2D eigenvalue weighted by molar-refractivity contribution is 5.34. The maximum Gasteiger partial charge on any atom is 0.151 e. The second-order valence-electron chi connectivity index (χ2n) is 4.93. The van der Waals surface area contributed by atoms with Crippen LogP contribution in [0.2, 0.25) is 0 Å². The number of para-hydroxylation sites is 1. The van der Waals surface area contributed by atoms with Crippen LogP contribution in [0.4, 0.5) is 0 Å². The second-order valence-corrected chi connectivity index (χ2v) is 4.93. The number of nitrogens with two attached hydrogens (primary N) is 1. The smallest absolute Gasteiger partial charge is 0.151 e. The largest absolute Gasteiger partial charge is 0.378 e. The number of hydrogen-bond donors (Lipinski definition) is 1. The molecule has 0 aliphatic carbocycles. The molecule has 0 saturated carbocycles. The zero-order valence-corrected chi connectivity index (χ0v) is 11.0. The topological polar surface area (TPSA) is 66.0 Å². The van der Waals surface area contributed by atoms with Crippen molar-refractivity contribution in [2.75, 3.05) is 6.61 Å². The molecule has 2 N–H and O–H groups in total. The molecule has 1 aromatic heterocycles. The van der Waals surface area contributed by atoms with Gasteiger partial charge in [0.1, 0.15) is 5.82 Å².